The van der Waals surface area contributed by atoms with Gasteiger partial charge in [0, 0.05) is 5.92 Å². The number of fused-ring (bicyclic) bond motifs is 1. The molecule has 0 bridgehead atoms. The molecule has 2 rings (SSSR count). The van der Waals surface area contributed by atoms with E-state index >= 15 is 0 Å². The Morgan fingerprint density at radius 2 is 2.46 bits per heavy atom. The molecule has 1 N–H and O–H groups in total. The second-order valence-corrected chi connectivity index (χ2v) is 3.62. The van der Waals surface area contributed by atoms with E-state index in [0.717, 1.165) is 18.4 Å². The van der Waals surface area contributed by atoms with E-state index in [1.54, 1.807) is 19.5 Å². The van der Waals surface area contributed by atoms with Crippen molar-refractivity contribution in [1.82, 2.24) is 0 Å². The lowest BCUT2D eigenvalue weighted by Gasteiger charge is -2.13. The van der Waals surface area contributed by atoms with E-state index in [4.69, 9.17) is 9.52 Å². The number of carboxylic acid groups (broad SMARTS) is 1. The molecular formula is C10H12O3. The quantitative estimate of drug-likeness (QED) is 0.757. The second-order valence-electron chi connectivity index (χ2n) is 3.62. The highest BCUT2D eigenvalue weighted by atomic mass is 16.4. The minimum absolute atomic E-state index is 0.145. The zero-order chi connectivity index (χ0) is 9.42. The molecule has 1 aliphatic carbocycles. The summed E-state index contributed by atoms with van der Waals surface area (Å²) in [6.07, 6.45) is 5.30. The second kappa shape index (κ2) is 2.91. The van der Waals surface area contributed by atoms with Gasteiger partial charge in [0.15, 0.2) is 0 Å². The Morgan fingerprint density at radius 3 is 3.15 bits per heavy atom. The molecule has 2 atom stereocenters. The van der Waals surface area contributed by atoms with Gasteiger partial charge in [0.2, 0.25) is 0 Å². The Hall–Kier alpha value is -1.25. The van der Waals surface area contributed by atoms with Crippen molar-refractivity contribution in [3.05, 3.63) is 23.7 Å². The molecule has 1 aromatic rings. The van der Waals surface area contributed by atoms with Crippen molar-refractivity contribution >= 4 is 5.97 Å². The van der Waals surface area contributed by atoms with Gasteiger partial charge in [-0.2, -0.15) is 0 Å². The van der Waals surface area contributed by atoms with Crippen molar-refractivity contribution in [2.45, 2.75) is 25.7 Å². The van der Waals surface area contributed by atoms with Crippen molar-refractivity contribution in [1.29, 1.82) is 0 Å². The highest BCUT2D eigenvalue weighted by Crippen LogP contribution is 2.38. The zero-order valence-electron chi connectivity index (χ0n) is 7.49. The minimum Gasteiger partial charge on any atom is -0.481 e. The van der Waals surface area contributed by atoms with Crippen LogP contribution in [0.25, 0.3) is 0 Å². The van der Waals surface area contributed by atoms with Crippen LogP contribution in [0.3, 0.4) is 0 Å². The summed E-state index contributed by atoms with van der Waals surface area (Å²) in [5.41, 5.74) is 2.27. The first kappa shape index (κ1) is 8.35. The van der Waals surface area contributed by atoms with Gasteiger partial charge in [-0.15, -0.1) is 0 Å². The minimum atomic E-state index is -0.723. The predicted molar refractivity (Wildman–Crippen MR) is 46.6 cm³/mol. The van der Waals surface area contributed by atoms with Gasteiger partial charge in [-0.3, -0.25) is 4.79 Å². The highest BCUT2D eigenvalue weighted by Gasteiger charge is 2.32. The number of carboxylic acids is 1. The van der Waals surface area contributed by atoms with Crippen LogP contribution in [0.15, 0.2) is 16.9 Å². The lowest BCUT2D eigenvalue weighted by atomic mass is 9.90. The van der Waals surface area contributed by atoms with E-state index in [0.29, 0.717) is 0 Å². The topological polar surface area (TPSA) is 50.4 Å². The van der Waals surface area contributed by atoms with E-state index in [1.807, 2.05) is 0 Å². The zero-order valence-corrected chi connectivity index (χ0v) is 7.49. The number of aryl methyl sites for hydroxylation is 1. The van der Waals surface area contributed by atoms with Crippen LogP contribution in [-0.4, -0.2) is 11.1 Å². The van der Waals surface area contributed by atoms with Crippen LogP contribution in [-0.2, 0) is 11.2 Å². The maximum atomic E-state index is 10.8. The Labute approximate surface area is 76.4 Å². The Bertz CT molecular complexity index is 327. The molecule has 2 unspecified atom stereocenters. The first-order chi connectivity index (χ1) is 6.20. The van der Waals surface area contributed by atoms with Crippen molar-refractivity contribution in [2.75, 3.05) is 0 Å². The fourth-order valence-electron chi connectivity index (χ4n) is 2.02. The van der Waals surface area contributed by atoms with Gasteiger partial charge in [-0.25, -0.2) is 0 Å². The molecular weight excluding hydrogens is 168 g/mol. The van der Waals surface area contributed by atoms with Crippen LogP contribution >= 0.6 is 0 Å². The van der Waals surface area contributed by atoms with E-state index in [1.165, 1.54) is 5.56 Å². The number of rotatable bonds is 2. The van der Waals surface area contributed by atoms with Gasteiger partial charge in [-0.1, -0.05) is 6.92 Å². The molecule has 0 aromatic carbocycles. The lowest BCUT2D eigenvalue weighted by molar-refractivity contribution is -0.141. The molecule has 1 aromatic heterocycles. The van der Waals surface area contributed by atoms with Gasteiger partial charge in [0.25, 0.3) is 0 Å². The van der Waals surface area contributed by atoms with Crippen molar-refractivity contribution in [2.24, 2.45) is 5.92 Å². The first-order valence-electron chi connectivity index (χ1n) is 4.48. The van der Waals surface area contributed by atoms with E-state index in [-0.39, 0.29) is 11.8 Å². The van der Waals surface area contributed by atoms with Crippen LogP contribution in [0, 0.1) is 5.92 Å². The molecule has 3 heteroatoms. The Morgan fingerprint density at radius 1 is 1.69 bits per heavy atom. The summed E-state index contributed by atoms with van der Waals surface area (Å²) in [5, 5.41) is 8.87. The molecule has 0 saturated carbocycles. The van der Waals surface area contributed by atoms with Crippen LogP contribution in [0.1, 0.15) is 30.4 Å². The molecule has 70 valence electrons. The molecule has 1 heterocycles. The smallest absolute Gasteiger partial charge is 0.306 e. The third-order valence-corrected chi connectivity index (χ3v) is 2.89. The molecule has 0 aliphatic heterocycles. The normalized spacial score (nSPS) is 22.7. The third-order valence-electron chi connectivity index (χ3n) is 2.89. The van der Waals surface area contributed by atoms with Gasteiger partial charge < -0.3 is 9.52 Å². The number of hydrogen-bond donors (Lipinski definition) is 1. The highest BCUT2D eigenvalue weighted by molar-refractivity contribution is 5.71. The van der Waals surface area contributed by atoms with E-state index in [9.17, 15) is 4.79 Å². The van der Waals surface area contributed by atoms with Crippen LogP contribution in [0.2, 0.25) is 0 Å². The lowest BCUT2D eigenvalue weighted by Crippen LogP contribution is -2.16. The molecule has 0 spiro atoms. The number of hydrogen-bond acceptors (Lipinski definition) is 2. The van der Waals surface area contributed by atoms with Crippen molar-refractivity contribution in [3.8, 4) is 0 Å². The summed E-state index contributed by atoms with van der Waals surface area (Å²) in [7, 11) is 0. The third kappa shape index (κ3) is 1.24. The van der Waals surface area contributed by atoms with Crippen LogP contribution < -0.4 is 0 Å². The summed E-state index contributed by atoms with van der Waals surface area (Å²) in [4.78, 5) is 10.8. The summed E-state index contributed by atoms with van der Waals surface area (Å²) < 4.78 is 5.05. The molecule has 3 nitrogen and oxygen atoms in total. The average Bonchev–Trinajstić information content (AvgIpc) is 2.61. The predicted octanol–water partition coefficient (Wildman–Crippen LogP) is 2.03. The molecule has 0 saturated heterocycles. The Kier molecular flexibility index (Phi) is 1.87. The number of carbonyl (C=O) groups is 1. The van der Waals surface area contributed by atoms with Gasteiger partial charge in [-0.05, 0) is 24.0 Å². The molecule has 1 aliphatic rings. The fraction of sp³-hybridized carbons (Fsp3) is 0.500. The maximum Gasteiger partial charge on any atom is 0.306 e. The molecule has 0 fully saturated rings. The van der Waals surface area contributed by atoms with E-state index in [2.05, 4.69) is 0 Å². The van der Waals surface area contributed by atoms with Crippen LogP contribution in [0.5, 0.6) is 0 Å². The summed E-state index contributed by atoms with van der Waals surface area (Å²) in [5.74, 6) is -0.885. The molecule has 0 radical (unpaired) electrons. The van der Waals surface area contributed by atoms with Crippen molar-refractivity contribution < 1.29 is 14.3 Å². The summed E-state index contributed by atoms with van der Waals surface area (Å²) in [6.45, 7) is 1.76. The van der Waals surface area contributed by atoms with Gasteiger partial charge in [0.05, 0.1) is 18.4 Å². The van der Waals surface area contributed by atoms with E-state index < -0.39 is 5.97 Å². The van der Waals surface area contributed by atoms with Gasteiger partial charge in [0.1, 0.15) is 0 Å². The molecule has 0 amide bonds. The summed E-state index contributed by atoms with van der Waals surface area (Å²) in [6, 6.07) is 0. The average molecular weight is 180 g/mol. The Balaban J connectivity index is 2.25. The summed E-state index contributed by atoms with van der Waals surface area (Å²) >= 11 is 0. The van der Waals surface area contributed by atoms with Gasteiger partial charge >= 0.3 is 5.97 Å². The maximum absolute atomic E-state index is 10.8. The largest absolute Gasteiger partial charge is 0.481 e. The standard InChI is InChI=1S/C10H12O3/c1-6(10(11)12)8-3-2-7-4-13-5-9(7)8/h4-6,8H,2-3H2,1H3,(H,11,12). The monoisotopic (exact) mass is 180 g/mol. The number of furan rings is 1. The van der Waals surface area contributed by atoms with Crippen LogP contribution in [0.4, 0.5) is 0 Å². The number of aliphatic carboxylic acids is 1. The SMILES string of the molecule is CC(C(=O)O)C1CCc2cocc21. The fourth-order valence-corrected chi connectivity index (χ4v) is 2.02. The van der Waals surface area contributed by atoms with Crippen molar-refractivity contribution in [3.63, 3.8) is 0 Å². The first-order valence-corrected chi connectivity index (χ1v) is 4.48. The molecule has 13 heavy (non-hydrogen) atoms.